The van der Waals surface area contributed by atoms with Gasteiger partial charge in [0.2, 0.25) is 11.8 Å². The summed E-state index contributed by atoms with van der Waals surface area (Å²) in [5.74, 6) is 0.921. The normalized spacial score (nSPS) is 18.0. The van der Waals surface area contributed by atoms with Gasteiger partial charge in [0.05, 0.1) is 25.2 Å². The highest BCUT2D eigenvalue weighted by Crippen LogP contribution is 2.38. The Labute approximate surface area is 178 Å². The summed E-state index contributed by atoms with van der Waals surface area (Å²) >= 11 is 0. The minimum atomic E-state index is -0.415. The number of fused-ring (bicyclic) bond motifs is 1. The number of nitrogens with two attached hydrogens (primary N) is 1. The van der Waals surface area contributed by atoms with E-state index in [9.17, 15) is 0 Å². The Balaban J connectivity index is 1.34. The van der Waals surface area contributed by atoms with E-state index in [0.717, 1.165) is 30.5 Å². The zero-order valence-corrected chi connectivity index (χ0v) is 16.8. The van der Waals surface area contributed by atoms with Crippen molar-refractivity contribution in [2.75, 3.05) is 18.9 Å². The summed E-state index contributed by atoms with van der Waals surface area (Å²) in [7, 11) is 0. The van der Waals surface area contributed by atoms with E-state index in [1.807, 2.05) is 24.3 Å². The van der Waals surface area contributed by atoms with Gasteiger partial charge >= 0.3 is 0 Å². The van der Waals surface area contributed by atoms with E-state index in [-0.39, 0.29) is 5.95 Å². The fourth-order valence-corrected chi connectivity index (χ4v) is 4.28. The smallest absolute Gasteiger partial charge is 0.223 e. The summed E-state index contributed by atoms with van der Waals surface area (Å²) in [6.45, 7) is 1.36. The summed E-state index contributed by atoms with van der Waals surface area (Å²) in [6.07, 6.45) is 6.38. The molecule has 0 atom stereocenters. The number of allylic oxidation sites excluding steroid dienone is 1. The number of nitrogen functional groups attached to an aromatic ring is 1. The molecule has 1 fully saturated rings. The molecular formula is C23H21N5O3. The minimum absolute atomic E-state index is 0.276. The highest BCUT2D eigenvalue weighted by Gasteiger charge is 2.37. The third kappa shape index (κ3) is 3.20. The van der Waals surface area contributed by atoms with Crippen LogP contribution in [0.1, 0.15) is 24.8 Å². The predicted molar refractivity (Wildman–Crippen MR) is 115 cm³/mol. The number of furan rings is 1. The zero-order valence-electron chi connectivity index (χ0n) is 16.8. The average molecular weight is 415 g/mol. The Bertz CT molecular complexity index is 1290. The van der Waals surface area contributed by atoms with Gasteiger partial charge in [0.15, 0.2) is 17.2 Å². The van der Waals surface area contributed by atoms with Gasteiger partial charge in [0.1, 0.15) is 0 Å². The van der Waals surface area contributed by atoms with E-state index in [0.29, 0.717) is 30.4 Å². The SMILES string of the molecule is Nc1nc(-c2cccc(C3=CCC4(CC3)OCCO4)c2)cc2nc(-c3ccco3)nn12. The van der Waals surface area contributed by atoms with Crippen molar-refractivity contribution in [3.05, 3.63) is 60.4 Å². The van der Waals surface area contributed by atoms with Crippen LogP contribution >= 0.6 is 0 Å². The second-order valence-electron chi connectivity index (χ2n) is 7.80. The molecule has 0 radical (unpaired) electrons. The number of ether oxygens (including phenoxy) is 2. The molecule has 156 valence electrons. The molecule has 4 heterocycles. The molecule has 0 bridgehead atoms. The van der Waals surface area contributed by atoms with Crippen LogP contribution in [0.2, 0.25) is 0 Å². The fraction of sp³-hybridized carbons (Fsp3) is 0.261. The van der Waals surface area contributed by atoms with Crippen LogP contribution in [-0.2, 0) is 9.47 Å². The first-order chi connectivity index (χ1) is 15.2. The Morgan fingerprint density at radius 1 is 1.00 bits per heavy atom. The molecule has 8 nitrogen and oxygen atoms in total. The van der Waals surface area contributed by atoms with E-state index in [2.05, 4.69) is 33.3 Å². The van der Waals surface area contributed by atoms with Crippen molar-refractivity contribution < 1.29 is 13.9 Å². The van der Waals surface area contributed by atoms with E-state index in [1.54, 1.807) is 12.3 Å². The van der Waals surface area contributed by atoms with Gasteiger partial charge in [-0.2, -0.15) is 4.52 Å². The Morgan fingerprint density at radius 3 is 2.65 bits per heavy atom. The average Bonchev–Trinajstić information content (AvgIpc) is 3.55. The molecule has 0 unspecified atom stereocenters. The number of hydrogen-bond acceptors (Lipinski definition) is 7. The summed E-state index contributed by atoms with van der Waals surface area (Å²) in [5.41, 5.74) is 11.0. The second-order valence-corrected chi connectivity index (χ2v) is 7.80. The molecule has 1 saturated heterocycles. The number of aromatic nitrogens is 4. The van der Waals surface area contributed by atoms with E-state index >= 15 is 0 Å². The van der Waals surface area contributed by atoms with Gasteiger partial charge in [0, 0.05) is 24.5 Å². The fourth-order valence-electron chi connectivity index (χ4n) is 4.28. The second kappa shape index (κ2) is 7.04. The molecule has 1 spiro atoms. The summed E-state index contributed by atoms with van der Waals surface area (Å²) in [5, 5.41) is 4.41. The maximum Gasteiger partial charge on any atom is 0.223 e. The quantitative estimate of drug-likeness (QED) is 0.541. The van der Waals surface area contributed by atoms with Gasteiger partial charge < -0.3 is 19.6 Å². The maximum atomic E-state index is 6.19. The summed E-state index contributed by atoms with van der Waals surface area (Å²) < 4.78 is 18.6. The third-order valence-electron chi connectivity index (χ3n) is 5.87. The molecule has 0 saturated carbocycles. The van der Waals surface area contributed by atoms with Crippen molar-refractivity contribution in [3.63, 3.8) is 0 Å². The molecule has 2 N–H and O–H groups in total. The Hall–Kier alpha value is -3.49. The predicted octanol–water partition coefficient (Wildman–Crippen LogP) is 3.94. The molecule has 1 aliphatic heterocycles. The van der Waals surface area contributed by atoms with Gasteiger partial charge in [-0.1, -0.05) is 24.3 Å². The molecule has 8 heteroatoms. The first-order valence-electron chi connectivity index (χ1n) is 10.3. The molecule has 4 aromatic rings. The van der Waals surface area contributed by atoms with Crippen LogP contribution in [0.25, 0.3) is 34.1 Å². The Morgan fingerprint density at radius 2 is 1.87 bits per heavy atom. The van der Waals surface area contributed by atoms with Crippen LogP contribution < -0.4 is 5.73 Å². The van der Waals surface area contributed by atoms with Crippen LogP contribution in [0.3, 0.4) is 0 Å². The molecule has 6 rings (SSSR count). The van der Waals surface area contributed by atoms with Crippen molar-refractivity contribution in [2.24, 2.45) is 0 Å². The maximum absolute atomic E-state index is 6.19. The molecule has 2 aliphatic rings. The zero-order chi connectivity index (χ0) is 20.8. The highest BCUT2D eigenvalue weighted by molar-refractivity contribution is 5.73. The van der Waals surface area contributed by atoms with Crippen molar-refractivity contribution in [1.82, 2.24) is 19.6 Å². The lowest BCUT2D eigenvalue weighted by atomic mass is 9.89. The van der Waals surface area contributed by atoms with Crippen LogP contribution in [0.4, 0.5) is 5.95 Å². The van der Waals surface area contributed by atoms with Crippen LogP contribution in [0.15, 0.2) is 59.2 Å². The van der Waals surface area contributed by atoms with Crippen molar-refractivity contribution in [3.8, 4) is 22.8 Å². The molecule has 1 aliphatic carbocycles. The summed E-state index contributed by atoms with van der Waals surface area (Å²) in [4.78, 5) is 9.11. The van der Waals surface area contributed by atoms with Gasteiger partial charge in [-0.3, -0.25) is 0 Å². The third-order valence-corrected chi connectivity index (χ3v) is 5.87. The standard InChI is InChI=1S/C23H21N5O3/c24-22-25-18(14-20-26-21(27-28(20)22)19-5-2-10-29-19)17-4-1-3-16(13-17)15-6-8-23(9-7-15)30-11-12-31-23/h1-6,10,13-14H,7-9,11-12H2,(H2,24,25). The molecule has 31 heavy (non-hydrogen) atoms. The van der Waals surface area contributed by atoms with E-state index in [4.69, 9.17) is 19.6 Å². The lowest BCUT2D eigenvalue weighted by molar-refractivity contribution is -0.159. The van der Waals surface area contributed by atoms with E-state index in [1.165, 1.54) is 15.7 Å². The number of hydrogen-bond donors (Lipinski definition) is 1. The largest absolute Gasteiger partial charge is 0.461 e. The number of anilines is 1. The van der Waals surface area contributed by atoms with Gasteiger partial charge in [-0.05, 0) is 35.8 Å². The van der Waals surface area contributed by atoms with Gasteiger partial charge in [-0.25, -0.2) is 9.97 Å². The monoisotopic (exact) mass is 415 g/mol. The van der Waals surface area contributed by atoms with Crippen molar-refractivity contribution in [2.45, 2.75) is 25.0 Å². The topological polar surface area (TPSA) is 101 Å². The van der Waals surface area contributed by atoms with Gasteiger partial charge in [-0.15, -0.1) is 5.10 Å². The number of nitrogens with zero attached hydrogens (tertiary/aromatic N) is 4. The van der Waals surface area contributed by atoms with Gasteiger partial charge in [0.25, 0.3) is 0 Å². The molecule has 0 amide bonds. The lowest BCUT2D eigenvalue weighted by Crippen LogP contribution is -2.31. The Kier molecular flexibility index (Phi) is 4.15. The number of rotatable bonds is 3. The molecular weight excluding hydrogens is 394 g/mol. The van der Waals surface area contributed by atoms with Crippen molar-refractivity contribution >= 4 is 17.2 Å². The first kappa shape index (κ1) is 18.3. The first-order valence-corrected chi connectivity index (χ1v) is 10.3. The lowest BCUT2D eigenvalue weighted by Gasteiger charge is -2.30. The van der Waals surface area contributed by atoms with Crippen molar-refractivity contribution in [1.29, 1.82) is 0 Å². The highest BCUT2D eigenvalue weighted by atomic mass is 16.7. The molecule has 3 aromatic heterocycles. The number of benzene rings is 1. The molecule has 1 aromatic carbocycles. The minimum Gasteiger partial charge on any atom is -0.461 e. The van der Waals surface area contributed by atoms with Crippen LogP contribution in [-0.4, -0.2) is 38.6 Å². The van der Waals surface area contributed by atoms with Crippen LogP contribution in [0.5, 0.6) is 0 Å². The van der Waals surface area contributed by atoms with Crippen LogP contribution in [0, 0.1) is 0 Å². The summed E-state index contributed by atoms with van der Waals surface area (Å²) in [6, 6.07) is 13.8. The van der Waals surface area contributed by atoms with E-state index < -0.39 is 5.79 Å².